The average Bonchev–Trinajstić information content (AvgIpc) is 2.79. The second-order valence-electron chi connectivity index (χ2n) is 6.24. The van der Waals surface area contributed by atoms with Crippen LogP contribution in [0.3, 0.4) is 0 Å². The Kier molecular flexibility index (Phi) is 5.80. The number of carbonyl (C=O) groups is 2. The first-order valence-corrected chi connectivity index (χ1v) is 7.15. The summed E-state index contributed by atoms with van der Waals surface area (Å²) in [6.45, 7) is 9.93. The van der Waals surface area contributed by atoms with Crippen molar-refractivity contribution in [3.63, 3.8) is 0 Å². The Labute approximate surface area is 120 Å². The van der Waals surface area contributed by atoms with Gasteiger partial charge in [-0.3, -0.25) is 4.90 Å². The Bertz CT molecular complexity index is 346. The highest BCUT2D eigenvalue weighted by molar-refractivity contribution is 5.79. The summed E-state index contributed by atoms with van der Waals surface area (Å²) < 4.78 is 5.29. The number of carboxylic acid groups (broad SMARTS) is 1. The zero-order chi connectivity index (χ0) is 15.3. The molecule has 1 fully saturated rings. The molecule has 1 aliphatic rings. The highest BCUT2D eigenvalue weighted by Crippen LogP contribution is 2.13. The van der Waals surface area contributed by atoms with Crippen LogP contribution < -0.4 is 0 Å². The van der Waals surface area contributed by atoms with E-state index in [0.717, 1.165) is 13.1 Å². The Morgan fingerprint density at radius 2 is 1.85 bits per heavy atom. The molecule has 0 saturated carbocycles. The molecule has 6 heteroatoms. The Balaban J connectivity index is 2.63. The summed E-state index contributed by atoms with van der Waals surface area (Å²) in [5.74, 6) is -1.02. The molecule has 6 nitrogen and oxygen atoms in total. The number of nitrogens with zero attached hydrogens (tertiary/aromatic N) is 2. The lowest BCUT2D eigenvalue weighted by atomic mass is 10.2. The van der Waals surface area contributed by atoms with Gasteiger partial charge in [0.05, 0.1) is 0 Å². The van der Waals surface area contributed by atoms with E-state index >= 15 is 0 Å². The smallest absolute Gasteiger partial charge is 0.411 e. The van der Waals surface area contributed by atoms with Crippen LogP contribution in [0.25, 0.3) is 0 Å². The molecule has 1 N–H and O–H groups in total. The van der Waals surface area contributed by atoms with Crippen LogP contribution in [0.4, 0.5) is 4.79 Å². The van der Waals surface area contributed by atoms with E-state index in [2.05, 4.69) is 4.90 Å². The van der Waals surface area contributed by atoms with Crippen LogP contribution >= 0.6 is 0 Å². The van der Waals surface area contributed by atoms with E-state index in [1.165, 1.54) is 24.7 Å². The lowest BCUT2D eigenvalue weighted by molar-refractivity contribution is -0.142. The molecule has 20 heavy (non-hydrogen) atoms. The lowest BCUT2D eigenvalue weighted by Crippen LogP contribution is -2.48. The fourth-order valence-corrected chi connectivity index (χ4v) is 2.15. The molecule has 0 aromatic heterocycles. The van der Waals surface area contributed by atoms with E-state index in [-0.39, 0.29) is 0 Å². The van der Waals surface area contributed by atoms with Crippen molar-refractivity contribution in [1.29, 1.82) is 0 Å². The van der Waals surface area contributed by atoms with Crippen LogP contribution in [0, 0.1) is 0 Å². The molecule has 0 aliphatic carbocycles. The quantitative estimate of drug-likeness (QED) is 0.834. The Morgan fingerprint density at radius 3 is 2.30 bits per heavy atom. The third kappa shape index (κ3) is 5.36. The van der Waals surface area contributed by atoms with Crippen LogP contribution in [-0.2, 0) is 9.53 Å². The number of rotatable bonds is 5. The van der Waals surface area contributed by atoms with E-state index in [4.69, 9.17) is 9.84 Å². The number of hydrogen-bond donors (Lipinski definition) is 1. The van der Waals surface area contributed by atoms with Crippen molar-refractivity contribution < 1.29 is 19.4 Å². The van der Waals surface area contributed by atoms with Gasteiger partial charge >= 0.3 is 12.1 Å². The maximum Gasteiger partial charge on any atom is 0.411 e. The van der Waals surface area contributed by atoms with Crippen molar-refractivity contribution in [2.24, 2.45) is 0 Å². The van der Waals surface area contributed by atoms with Gasteiger partial charge in [-0.2, -0.15) is 0 Å². The molecule has 0 radical (unpaired) electrons. The first kappa shape index (κ1) is 16.8. The minimum Gasteiger partial charge on any atom is -0.480 e. The number of aliphatic carboxylic acids is 1. The number of amides is 1. The van der Waals surface area contributed by atoms with Gasteiger partial charge in [0, 0.05) is 13.1 Å². The first-order valence-electron chi connectivity index (χ1n) is 7.15. The van der Waals surface area contributed by atoms with Crippen LogP contribution in [-0.4, -0.2) is 64.8 Å². The second-order valence-corrected chi connectivity index (χ2v) is 6.24. The summed E-state index contributed by atoms with van der Waals surface area (Å²) in [4.78, 5) is 26.8. The van der Waals surface area contributed by atoms with Crippen molar-refractivity contribution in [2.75, 3.05) is 26.2 Å². The molecule has 1 rings (SSSR count). The summed E-state index contributed by atoms with van der Waals surface area (Å²) in [6.07, 6.45) is 1.77. The Hall–Kier alpha value is -1.30. The molecule has 1 saturated heterocycles. The van der Waals surface area contributed by atoms with Crippen LogP contribution in [0.15, 0.2) is 0 Å². The normalized spacial score (nSPS) is 17.8. The van der Waals surface area contributed by atoms with Gasteiger partial charge in [0.2, 0.25) is 0 Å². The summed E-state index contributed by atoms with van der Waals surface area (Å²) in [5, 5.41) is 9.13. The fourth-order valence-electron chi connectivity index (χ4n) is 2.15. The monoisotopic (exact) mass is 286 g/mol. The van der Waals surface area contributed by atoms with Gasteiger partial charge < -0.3 is 14.7 Å². The van der Waals surface area contributed by atoms with Crippen LogP contribution in [0.5, 0.6) is 0 Å². The molecular weight excluding hydrogens is 260 g/mol. The highest BCUT2D eigenvalue weighted by Gasteiger charge is 2.30. The summed E-state index contributed by atoms with van der Waals surface area (Å²) in [5.41, 5.74) is -0.624. The van der Waals surface area contributed by atoms with E-state index in [9.17, 15) is 9.59 Å². The van der Waals surface area contributed by atoms with Crippen molar-refractivity contribution in [2.45, 2.75) is 52.2 Å². The molecular formula is C14H26N2O4. The van der Waals surface area contributed by atoms with Crippen molar-refractivity contribution >= 4 is 12.1 Å². The van der Waals surface area contributed by atoms with Gasteiger partial charge in [0.15, 0.2) is 0 Å². The second kappa shape index (κ2) is 6.92. The molecule has 0 bridgehead atoms. The average molecular weight is 286 g/mol. The third-order valence-corrected chi connectivity index (χ3v) is 3.31. The lowest BCUT2D eigenvalue weighted by Gasteiger charge is -2.31. The van der Waals surface area contributed by atoms with Gasteiger partial charge in [-0.15, -0.1) is 0 Å². The van der Waals surface area contributed by atoms with Crippen molar-refractivity contribution in [1.82, 2.24) is 9.80 Å². The van der Waals surface area contributed by atoms with Gasteiger partial charge in [0.25, 0.3) is 0 Å². The topological polar surface area (TPSA) is 70.1 Å². The zero-order valence-corrected chi connectivity index (χ0v) is 12.9. The van der Waals surface area contributed by atoms with E-state index < -0.39 is 23.7 Å². The number of likely N-dealkylation sites (tertiary alicyclic amines) is 1. The number of ether oxygens (including phenoxy) is 1. The number of hydrogen-bond acceptors (Lipinski definition) is 4. The van der Waals surface area contributed by atoms with Crippen molar-refractivity contribution in [3.05, 3.63) is 0 Å². The van der Waals surface area contributed by atoms with E-state index in [1.807, 2.05) is 0 Å². The van der Waals surface area contributed by atoms with E-state index in [1.54, 1.807) is 20.8 Å². The zero-order valence-electron chi connectivity index (χ0n) is 12.9. The van der Waals surface area contributed by atoms with Crippen LogP contribution in [0.2, 0.25) is 0 Å². The molecule has 1 unspecified atom stereocenters. The molecule has 0 aromatic rings. The minimum atomic E-state index is -1.02. The molecule has 0 aromatic carbocycles. The van der Waals surface area contributed by atoms with Crippen LogP contribution in [0.1, 0.15) is 40.5 Å². The SMILES string of the molecule is CC(C(=O)O)N(CCN1CCCC1)C(=O)OC(C)(C)C. The third-order valence-electron chi connectivity index (χ3n) is 3.31. The van der Waals surface area contributed by atoms with Gasteiger partial charge in [-0.05, 0) is 53.6 Å². The molecule has 1 amide bonds. The predicted octanol–water partition coefficient (Wildman–Crippen LogP) is 1.79. The minimum absolute atomic E-state index is 0.377. The molecule has 116 valence electrons. The molecule has 1 aliphatic heterocycles. The summed E-state index contributed by atoms with van der Waals surface area (Å²) >= 11 is 0. The van der Waals surface area contributed by atoms with Gasteiger partial charge in [-0.1, -0.05) is 0 Å². The highest BCUT2D eigenvalue weighted by atomic mass is 16.6. The predicted molar refractivity (Wildman–Crippen MR) is 75.7 cm³/mol. The molecule has 1 atom stereocenters. The van der Waals surface area contributed by atoms with E-state index in [0.29, 0.717) is 13.1 Å². The number of carbonyl (C=O) groups excluding carboxylic acids is 1. The molecule has 0 spiro atoms. The summed E-state index contributed by atoms with van der Waals surface area (Å²) in [7, 11) is 0. The molecule has 1 heterocycles. The Morgan fingerprint density at radius 1 is 1.30 bits per heavy atom. The maximum atomic E-state index is 12.1. The fraction of sp³-hybridized carbons (Fsp3) is 0.857. The largest absolute Gasteiger partial charge is 0.480 e. The summed E-state index contributed by atoms with van der Waals surface area (Å²) in [6, 6.07) is -0.882. The van der Waals surface area contributed by atoms with Crippen molar-refractivity contribution in [3.8, 4) is 0 Å². The van der Waals surface area contributed by atoms with Gasteiger partial charge in [0.1, 0.15) is 11.6 Å². The van der Waals surface area contributed by atoms with Gasteiger partial charge in [-0.25, -0.2) is 9.59 Å². The first-order chi connectivity index (χ1) is 9.20. The standard InChI is InChI=1S/C14H26N2O4/c1-11(12(17)18)16(13(19)20-14(2,3)4)10-9-15-7-5-6-8-15/h11H,5-10H2,1-4H3,(H,17,18). The number of carboxylic acids is 1. The maximum absolute atomic E-state index is 12.1.